The maximum atomic E-state index is 13.6. The average Bonchev–Trinajstić information content (AvgIpc) is 3.67. The second kappa shape index (κ2) is 67.6. The molecule has 0 saturated carbocycles. The highest BCUT2D eigenvalue weighted by Gasteiger charge is 2.30. The Kier molecular flexibility index (Phi) is 65.0. The molecule has 10 heteroatoms. The number of phosphoric acid groups is 1. The van der Waals surface area contributed by atoms with Gasteiger partial charge in [-0.05, 0) is 122 Å². The zero-order valence-corrected chi connectivity index (χ0v) is 59.8. The van der Waals surface area contributed by atoms with Gasteiger partial charge in [-0.25, -0.2) is 4.57 Å². The van der Waals surface area contributed by atoms with Crippen LogP contribution in [0.3, 0.4) is 0 Å². The van der Waals surface area contributed by atoms with Gasteiger partial charge in [0.15, 0.2) is 0 Å². The number of hydrogen-bond acceptors (Lipinski definition) is 6. The van der Waals surface area contributed by atoms with Crippen molar-refractivity contribution < 1.29 is 37.3 Å². The van der Waals surface area contributed by atoms with Crippen molar-refractivity contribution in [3.63, 3.8) is 0 Å². The lowest BCUT2D eigenvalue weighted by atomic mass is 10.0. The number of phosphoric ester groups is 1. The monoisotopic (exact) mass is 1260 g/mol. The Morgan fingerprint density at radius 3 is 1.04 bits per heavy atom. The van der Waals surface area contributed by atoms with Crippen LogP contribution in [-0.2, 0) is 27.9 Å². The molecule has 2 N–H and O–H groups in total. The smallest absolute Gasteiger partial charge is 0.456 e. The van der Waals surface area contributed by atoms with Gasteiger partial charge < -0.3 is 19.4 Å². The highest BCUT2D eigenvalue weighted by Crippen LogP contribution is 2.43. The van der Waals surface area contributed by atoms with E-state index in [2.05, 4.69) is 123 Å². The summed E-state index contributed by atoms with van der Waals surface area (Å²) in [5.74, 6) is -0.515. The van der Waals surface area contributed by atoms with E-state index in [1.165, 1.54) is 173 Å². The number of nitrogens with zero attached hydrogens (tertiary/aromatic N) is 1. The first-order valence-corrected chi connectivity index (χ1v) is 38.7. The fraction of sp³-hybridized carbons (Fsp3) is 0.747. The van der Waals surface area contributed by atoms with Crippen LogP contribution in [0.2, 0.25) is 0 Å². The number of esters is 1. The topological polar surface area (TPSA) is 111 Å². The molecule has 0 aromatic carbocycles. The van der Waals surface area contributed by atoms with Crippen LogP contribution < -0.4 is 5.32 Å². The first-order valence-electron chi connectivity index (χ1n) is 37.2. The molecule has 0 aliphatic carbocycles. The van der Waals surface area contributed by atoms with Gasteiger partial charge >= 0.3 is 13.8 Å². The van der Waals surface area contributed by atoms with Gasteiger partial charge in [-0.15, -0.1) is 0 Å². The van der Waals surface area contributed by atoms with Crippen molar-refractivity contribution in [1.29, 1.82) is 0 Å². The van der Waals surface area contributed by atoms with Gasteiger partial charge in [0, 0.05) is 12.8 Å². The molecule has 0 aliphatic rings. The molecule has 0 rings (SSSR count). The molecule has 0 aromatic rings. The van der Waals surface area contributed by atoms with Crippen LogP contribution in [0.5, 0.6) is 0 Å². The number of quaternary nitrogens is 1. The molecule has 3 unspecified atom stereocenters. The summed E-state index contributed by atoms with van der Waals surface area (Å²) in [5.41, 5.74) is 0. The summed E-state index contributed by atoms with van der Waals surface area (Å²) in [6.07, 6.45) is 93.8. The van der Waals surface area contributed by atoms with Gasteiger partial charge in [-0.1, -0.05) is 304 Å². The molecule has 1 amide bonds. The number of nitrogens with one attached hydrogen (secondary N) is 1. The number of likely N-dealkylation sites (N-methyl/N-ethyl adjacent to an activating group) is 1. The van der Waals surface area contributed by atoms with Gasteiger partial charge in [0.25, 0.3) is 0 Å². The lowest BCUT2D eigenvalue weighted by molar-refractivity contribution is -0.870. The first-order chi connectivity index (χ1) is 43.4. The van der Waals surface area contributed by atoms with Crippen LogP contribution >= 0.6 is 7.82 Å². The SMILES string of the molecule is CCCCC/C=C\C/C=C\C/C=C\C/C=C\CCCCCCCCCCCC(=O)NC(COP(=O)(O)OCC[N+](C)(C)C)C(/C=C/CCCCCCCCCCCCC)OC(=O)CCCCCCCCCCC/C=C\C/C=C\C/C=C\C/C=C\CCCCC. The summed E-state index contributed by atoms with van der Waals surface area (Å²) in [6.45, 7) is 6.97. The number of amides is 1. The van der Waals surface area contributed by atoms with E-state index in [-0.39, 0.29) is 31.5 Å². The Hall–Kier alpha value is -3.33. The molecule has 89 heavy (non-hydrogen) atoms. The van der Waals surface area contributed by atoms with Crippen molar-refractivity contribution in [2.45, 2.75) is 341 Å². The number of hydrogen-bond donors (Lipinski definition) is 2. The highest BCUT2D eigenvalue weighted by atomic mass is 31.2. The standard InChI is InChI=1S/C79H141N2O7P/c1-7-10-13-16-19-22-25-28-30-32-34-36-38-40-42-44-46-48-50-53-56-59-62-65-68-71-78(82)80-76(75-87-89(84,85)86-74-73-81(4,5)6)77(70-67-64-61-58-55-52-27-24-21-18-15-12-9-3)88-79(83)72-69-66-63-60-57-54-51-49-47-45-43-41-39-37-35-33-31-29-26-23-20-17-14-11-8-2/h19-20,22-23,28-31,34-37,40-43,67,70,76-77H,7-18,21,24-27,32-33,38-39,44-66,68-69,71-75H2,1-6H3,(H-,80,82,84,85)/p+1/b22-19-,23-20-,30-28-,31-29-,36-34-,37-35-,42-40-,43-41-,70-67+. The van der Waals surface area contributed by atoms with Crippen LogP contribution in [0.1, 0.15) is 329 Å². The summed E-state index contributed by atoms with van der Waals surface area (Å²) in [5, 5.41) is 3.07. The Labute approximate surface area is 551 Å². The largest absolute Gasteiger partial charge is 0.472 e. The number of ether oxygens (including phenoxy) is 1. The number of rotatable bonds is 67. The van der Waals surface area contributed by atoms with Crippen LogP contribution in [-0.4, -0.2) is 74.3 Å². The lowest BCUT2D eigenvalue weighted by Gasteiger charge is -2.27. The molecule has 0 aliphatic heterocycles. The van der Waals surface area contributed by atoms with Crippen LogP contribution in [0.25, 0.3) is 0 Å². The molecule has 0 radical (unpaired) electrons. The number of allylic oxidation sites excluding steroid dienone is 17. The summed E-state index contributed by atoms with van der Waals surface area (Å²) in [7, 11) is 1.48. The third-order valence-corrected chi connectivity index (χ3v) is 17.2. The third-order valence-electron chi connectivity index (χ3n) is 16.2. The fourth-order valence-electron chi connectivity index (χ4n) is 10.4. The van der Waals surface area contributed by atoms with Gasteiger partial charge in [0.05, 0.1) is 33.8 Å². The Balaban J connectivity index is 5.11. The predicted octanol–water partition coefficient (Wildman–Crippen LogP) is 24.0. The van der Waals surface area contributed by atoms with Crippen LogP contribution in [0.15, 0.2) is 109 Å². The second-order valence-corrected chi connectivity index (χ2v) is 27.6. The fourth-order valence-corrected chi connectivity index (χ4v) is 11.2. The second-order valence-electron chi connectivity index (χ2n) is 26.1. The Bertz CT molecular complexity index is 1890. The number of unbranched alkanes of at least 4 members (excludes halogenated alkanes) is 35. The summed E-state index contributed by atoms with van der Waals surface area (Å²) in [6, 6.07) is -0.863. The van der Waals surface area contributed by atoms with Crippen LogP contribution in [0, 0.1) is 0 Å². The molecular weight excluding hydrogens is 1120 g/mol. The number of carbonyl (C=O) groups excluding carboxylic acids is 2. The van der Waals surface area contributed by atoms with Crippen molar-refractivity contribution in [2.24, 2.45) is 0 Å². The first kappa shape index (κ1) is 85.7. The van der Waals surface area contributed by atoms with E-state index in [9.17, 15) is 19.0 Å². The Morgan fingerprint density at radius 2 is 0.685 bits per heavy atom. The molecule has 0 spiro atoms. The molecule has 0 heterocycles. The molecule has 0 bridgehead atoms. The van der Waals surface area contributed by atoms with Crippen molar-refractivity contribution >= 4 is 19.7 Å². The van der Waals surface area contributed by atoms with E-state index < -0.39 is 20.0 Å². The molecular formula is C79H142N2O7P+. The maximum Gasteiger partial charge on any atom is 0.472 e. The quantitative estimate of drug-likeness (QED) is 0.0205. The van der Waals surface area contributed by atoms with Gasteiger partial charge in [-0.2, -0.15) is 0 Å². The summed E-state index contributed by atoms with van der Waals surface area (Å²) in [4.78, 5) is 38.0. The molecule has 514 valence electrons. The average molecular weight is 1260 g/mol. The molecule has 9 nitrogen and oxygen atoms in total. The predicted molar refractivity (Wildman–Crippen MR) is 387 cm³/mol. The van der Waals surface area contributed by atoms with Crippen molar-refractivity contribution in [2.75, 3.05) is 40.9 Å². The van der Waals surface area contributed by atoms with Gasteiger partial charge in [-0.3, -0.25) is 18.6 Å². The number of carbonyl (C=O) groups is 2. The minimum atomic E-state index is -4.47. The van der Waals surface area contributed by atoms with Crippen molar-refractivity contribution in [3.8, 4) is 0 Å². The molecule has 0 fully saturated rings. The van der Waals surface area contributed by atoms with E-state index in [1.807, 2.05) is 33.3 Å². The maximum absolute atomic E-state index is 13.6. The van der Waals surface area contributed by atoms with E-state index in [1.54, 1.807) is 0 Å². The minimum absolute atomic E-state index is 0.0334. The van der Waals surface area contributed by atoms with Gasteiger partial charge in [0.2, 0.25) is 5.91 Å². The summed E-state index contributed by atoms with van der Waals surface area (Å²) >= 11 is 0. The van der Waals surface area contributed by atoms with E-state index in [0.717, 1.165) is 122 Å². The van der Waals surface area contributed by atoms with E-state index >= 15 is 0 Å². The zero-order valence-electron chi connectivity index (χ0n) is 58.9. The highest BCUT2D eigenvalue weighted by molar-refractivity contribution is 7.47. The van der Waals surface area contributed by atoms with Crippen molar-refractivity contribution in [3.05, 3.63) is 109 Å². The van der Waals surface area contributed by atoms with Crippen molar-refractivity contribution in [1.82, 2.24) is 5.32 Å². The molecule has 0 saturated heterocycles. The Morgan fingerprint density at radius 1 is 0.393 bits per heavy atom. The minimum Gasteiger partial charge on any atom is -0.456 e. The molecule has 3 atom stereocenters. The zero-order chi connectivity index (χ0) is 64.9. The van der Waals surface area contributed by atoms with E-state index in [4.69, 9.17) is 13.8 Å². The van der Waals surface area contributed by atoms with Gasteiger partial charge in [0.1, 0.15) is 19.3 Å². The lowest BCUT2D eigenvalue weighted by Crippen LogP contribution is -2.47. The van der Waals surface area contributed by atoms with Crippen LogP contribution in [0.4, 0.5) is 0 Å². The molecule has 0 aromatic heterocycles. The van der Waals surface area contributed by atoms with E-state index in [0.29, 0.717) is 17.4 Å². The summed E-state index contributed by atoms with van der Waals surface area (Å²) < 4.78 is 30.9. The third kappa shape index (κ3) is 68.9. The normalized spacial score (nSPS) is 14.1.